The molecule has 8 heteroatoms. The van der Waals surface area contributed by atoms with Crippen LogP contribution in [0.2, 0.25) is 10.3 Å². The molecule has 2 amide bonds. The molecule has 3 N–H and O–H groups in total. The molecule has 0 aliphatic heterocycles. The fourth-order valence-corrected chi connectivity index (χ4v) is 3.37. The van der Waals surface area contributed by atoms with Crippen molar-refractivity contribution < 1.29 is 4.79 Å². The maximum atomic E-state index is 12.2. The molecule has 0 aliphatic carbocycles. The van der Waals surface area contributed by atoms with E-state index in [-0.39, 0.29) is 11.3 Å². The van der Waals surface area contributed by atoms with Gasteiger partial charge in [0, 0.05) is 28.3 Å². The Morgan fingerprint density at radius 1 is 0.871 bits per heavy atom. The van der Waals surface area contributed by atoms with E-state index in [1.807, 2.05) is 49.4 Å². The summed E-state index contributed by atoms with van der Waals surface area (Å²) in [6.07, 6.45) is 0. The van der Waals surface area contributed by atoms with Crippen molar-refractivity contribution in [2.45, 2.75) is 13.5 Å². The van der Waals surface area contributed by atoms with Crippen LogP contribution in [0.15, 0.2) is 66.7 Å². The Bertz CT molecular complexity index is 1230. The summed E-state index contributed by atoms with van der Waals surface area (Å²) in [5.41, 5.74) is 4.28. The predicted octanol–water partition coefficient (Wildman–Crippen LogP) is 6.50. The summed E-state index contributed by atoms with van der Waals surface area (Å²) in [6.45, 7) is 2.57. The highest BCUT2D eigenvalue weighted by Gasteiger charge is 2.08. The number of fused-ring (bicyclic) bond motifs is 1. The molecule has 0 spiro atoms. The third-order valence-electron chi connectivity index (χ3n) is 4.60. The zero-order valence-electron chi connectivity index (χ0n) is 16.6. The molecular weight excluding hydrogens is 433 g/mol. The topological polar surface area (TPSA) is 78.9 Å². The smallest absolute Gasteiger partial charge is 0.323 e. The van der Waals surface area contributed by atoms with E-state index in [2.05, 4.69) is 25.9 Å². The van der Waals surface area contributed by atoms with Gasteiger partial charge in [-0.05, 0) is 72.6 Å². The Kier molecular flexibility index (Phi) is 6.21. The average molecular weight is 452 g/mol. The van der Waals surface area contributed by atoms with Gasteiger partial charge in [-0.15, -0.1) is 0 Å². The first-order valence-corrected chi connectivity index (χ1v) is 10.3. The first-order chi connectivity index (χ1) is 15.0. The number of benzene rings is 3. The summed E-state index contributed by atoms with van der Waals surface area (Å²) >= 11 is 11.9. The van der Waals surface area contributed by atoms with Crippen LogP contribution in [0.1, 0.15) is 11.1 Å². The molecule has 0 radical (unpaired) electrons. The molecule has 4 rings (SSSR count). The molecular formula is C23H19Cl2N5O. The number of halogens is 2. The number of hydrogen-bond acceptors (Lipinski definition) is 4. The van der Waals surface area contributed by atoms with E-state index in [1.54, 1.807) is 24.3 Å². The lowest BCUT2D eigenvalue weighted by Crippen LogP contribution is -2.19. The Labute approximate surface area is 189 Å². The standard InChI is InChI=1S/C23H19Cl2N5O/c1-14-2-11-20-19(12-14)21(30-22(25)29-20)26-13-15-3-7-17(8-4-15)27-23(31)28-18-9-5-16(24)6-10-18/h2-12H,13H2,1H3,(H,26,29,30)(H2,27,28,31). The third-order valence-corrected chi connectivity index (χ3v) is 5.02. The molecule has 0 fully saturated rings. The zero-order chi connectivity index (χ0) is 21.8. The number of anilines is 3. The molecule has 0 unspecified atom stereocenters. The number of aryl methyl sites for hydroxylation is 1. The Hall–Kier alpha value is -3.35. The Morgan fingerprint density at radius 3 is 2.19 bits per heavy atom. The van der Waals surface area contributed by atoms with Crippen molar-refractivity contribution in [3.63, 3.8) is 0 Å². The largest absolute Gasteiger partial charge is 0.365 e. The molecule has 31 heavy (non-hydrogen) atoms. The van der Waals surface area contributed by atoms with Crippen molar-refractivity contribution in [1.29, 1.82) is 0 Å². The van der Waals surface area contributed by atoms with Gasteiger partial charge in [-0.25, -0.2) is 14.8 Å². The number of carbonyl (C=O) groups is 1. The van der Waals surface area contributed by atoms with Gasteiger partial charge in [0.1, 0.15) is 5.82 Å². The minimum Gasteiger partial charge on any atom is -0.365 e. The number of rotatable bonds is 5. The van der Waals surface area contributed by atoms with Crippen LogP contribution in [-0.2, 0) is 6.54 Å². The van der Waals surface area contributed by atoms with Gasteiger partial charge >= 0.3 is 6.03 Å². The predicted molar refractivity (Wildman–Crippen MR) is 127 cm³/mol. The molecule has 1 aromatic heterocycles. The van der Waals surface area contributed by atoms with Crippen LogP contribution < -0.4 is 16.0 Å². The van der Waals surface area contributed by atoms with Crippen LogP contribution in [0.5, 0.6) is 0 Å². The van der Waals surface area contributed by atoms with Gasteiger partial charge in [0.15, 0.2) is 0 Å². The van der Waals surface area contributed by atoms with Gasteiger partial charge in [-0.2, -0.15) is 0 Å². The van der Waals surface area contributed by atoms with Gasteiger partial charge < -0.3 is 16.0 Å². The van der Waals surface area contributed by atoms with E-state index >= 15 is 0 Å². The molecule has 0 atom stereocenters. The Morgan fingerprint density at radius 2 is 1.52 bits per heavy atom. The molecule has 156 valence electrons. The van der Waals surface area contributed by atoms with E-state index in [4.69, 9.17) is 23.2 Å². The van der Waals surface area contributed by atoms with E-state index < -0.39 is 0 Å². The summed E-state index contributed by atoms with van der Waals surface area (Å²) in [5, 5.41) is 10.6. The van der Waals surface area contributed by atoms with Crippen molar-refractivity contribution in [3.05, 3.63) is 88.2 Å². The van der Waals surface area contributed by atoms with Crippen molar-refractivity contribution in [2.24, 2.45) is 0 Å². The van der Waals surface area contributed by atoms with Crippen molar-refractivity contribution in [3.8, 4) is 0 Å². The van der Waals surface area contributed by atoms with Gasteiger partial charge in [-0.3, -0.25) is 0 Å². The number of urea groups is 1. The van der Waals surface area contributed by atoms with Crippen molar-refractivity contribution >= 4 is 57.3 Å². The van der Waals surface area contributed by atoms with Crippen LogP contribution in [-0.4, -0.2) is 16.0 Å². The average Bonchev–Trinajstić information content (AvgIpc) is 2.75. The van der Waals surface area contributed by atoms with Crippen LogP contribution in [0.3, 0.4) is 0 Å². The minimum absolute atomic E-state index is 0.199. The summed E-state index contributed by atoms with van der Waals surface area (Å²) in [5.74, 6) is 0.684. The molecule has 6 nitrogen and oxygen atoms in total. The number of amides is 2. The minimum atomic E-state index is -0.328. The van der Waals surface area contributed by atoms with Crippen LogP contribution >= 0.6 is 23.2 Å². The Balaban J connectivity index is 1.39. The highest BCUT2D eigenvalue weighted by atomic mass is 35.5. The van der Waals surface area contributed by atoms with Crippen LogP contribution in [0, 0.1) is 6.92 Å². The summed E-state index contributed by atoms with van der Waals surface area (Å²) < 4.78 is 0. The SMILES string of the molecule is Cc1ccc2nc(Cl)nc(NCc3ccc(NC(=O)Nc4ccc(Cl)cc4)cc3)c2c1. The fraction of sp³-hybridized carbons (Fsp3) is 0.0870. The lowest BCUT2D eigenvalue weighted by molar-refractivity contribution is 0.262. The van der Waals surface area contributed by atoms with Crippen LogP contribution in [0.25, 0.3) is 10.9 Å². The first kappa shape index (κ1) is 20.9. The second-order valence-electron chi connectivity index (χ2n) is 7.00. The zero-order valence-corrected chi connectivity index (χ0v) is 18.1. The maximum Gasteiger partial charge on any atom is 0.323 e. The quantitative estimate of drug-likeness (QED) is 0.302. The highest BCUT2D eigenvalue weighted by molar-refractivity contribution is 6.30. The highest BCUT2D eigenvalue weighted by Crippen LogP contribution is 2.24. The molecule has 4 aromatic rings. The van der Waals surface area contributed by atoms with Crippen LogP contribution in [0.4, 0.5) is 22.0 Å². The third kappa shape index (κ3) is 5.42. The van der Waals surface area contributed by atoms with Gasteiger partial charge in [-0.1, -0.05) is 35.4 Å². The summed E-state index contributed by atoms with van der Waals surface area (Å²) in [6, 6.07) is 20.1. The van der Waals surface area contributed by atoms with E-state index in [0.717, 1.165) is 22.0 Å². The van der Waals surface area contributed by atoms with E-state index in [9.17, 15) is 4.79 Å². The number of nitrogens with one attached hydrogen (secondary N) is 3. The molecule has 3 aromatic carbocycles. The van der Waals surface area contributed by atoms with Gasteiger partial charge in [0.25, 0.3) is 0 Å². The van der Waals surface area contributed by atoms with Crippen molar-refractivity contribution in [2.75, 3.05) is 16.0 Å². The van der Waals surface area contributed by atoms with E-state index in [1.165, 1.54) is 0 Å². The molecule has 0 saturated heterocycles. The summed E-state index contributed by atoms with van der Waals surface area (Å²) in [7, 11) is 0. The molecule has 1 heterocycles. The monoisotopic (exact) mass is 451 g/mol. The molecule has 0 saturated carbocycles. The van der Waals surface area contributed by atoms with Gasteiger partial charge in [0.05, 0.1) is 5.52 Å². The second-order valence-corrected chi connectivity index (χ2v) is 7.77. The fourth-order valence-electron chi connectivity index (χ4n) is 3.07. The second kappa shape index (κ2) is 9.20. The number of aromatic nitrogens is 2. The van der Waals surface area contributed by atoms with E-state index in [0.29, 0.717) is 28.8 Å². The number of nitrogens with zero attached hydrogens (tertiary/aromatic N) is 2. The lowest BCUT2D eigenvalue weighted by Gasteiger charge is -2.11. The van der Waals surface area contributed by atoms with Gasteiger partial charge in [0.2, 0.25) is 5.28 Å². The normalized spacial score (nSPS) is 10.7. The maximum absolute atomic E-state index is 12.2. The number of carbonyl (C=O) groups excluding carboxylic acids is 1. The van der Waals surface area contributed by atoms with Crippen molar-refractivity contribution in [1.82, 2.24) is 9.97 Å². The molecule has 0 aliphatic rings. The summed E-state index contributed by atoms with van der Waals surface area (Å²) in [4.78, 5) is 20.7. The first-order valence-electron chi connectivity index (χ1n) is 9.56. The molecule has 0 bridgehead atoms. The number of hydrogen-bond donors (Lipinski definition) is 3. The lowest BCUT2D eigenvalue weighted by atomic mass is 10.1.